The number of para-hydroxylation sites is 2. The van der Waals surface area contributed by atoms with Crippen molar-refractivity contribution in [2.45, 2.75) is 12.2 Å². The average molecular weight is 319 g/mol. The van der Waals surface area contributed by atoms with Crippen molar-refractivity contribution < 1.29 is 0 Å². The number of anilines is 3. The van der Waals surface area contributed by atoms with Crippen LogP contribution in [0.25, 0.3) is 0 Å². The molecular formula is C21H21NS. The standard InChI is InChI=1S/C21H21NS/c1-17(23-2)18-10-9-15-21(16-18)22(19-11-5-3-6-12-19)20-13-7-4-8-14-20/h3-17H,1-2H3. The first-order valence-electron chi connectivity index (χ1n) is 7.82. The Hall–Kier alpha value is -2.19. The van der Waals surface area contributed by atoms with E-state index < -0.39 is 0 Å². The van der Waals surface area contributed by atoms with Crippen LogP contribution in [-0.4, -0.2) is 6.26 Å². The molecule has 0 bridgehead atoms. The molecule has 3 aromatic carbocycles. The second kappa shape index (κ2) is 7.38. The number of hydrogen-bond acceptors (Lipinski definition) is 2. The molecule has 0 N–H and O–H groups in total. The Bertz CT molecular complexity index is 701. The van der Waals surface area contributed by atoms with Gasteiger partial charge >= 0.3 is 0 Å². The average Bonchev–Trinajstić information content (AvgIpc) is 2.63. The van der Waals surface area contributed by atoms with Crippen molar-refractivity contribution in [2.24, 2.45) is 0 Å². The van der Waals surface area contributed by atoms with Crippen molar-refractivity contribution in [3.8, 4) is 0 Å². The van der Waals surface area contributed by atoms with Gasteiger partial charge < -0.3 is 4.90 Å². The molecule has 0 heterocycles. The minimum atomic E-state index is 0.489. The molecule has 0 fully saturated rings. The third-order valence-electron chi connectivity index (χ3n) is 3.98. The summed E-state index contributed by atoms with van der Waals surface area (Å²) in [6.45, 7) is 2.25. The molecular weight excluding hydrogens is 298 g/mol. The fourth-order valence-corrected chi connectivity index (χ4v) is 3.07. The number of hydrogen-bond donors (Lipinski definition) is 0. The van der Waals surface area contributed by atoms with Gasteiger partial charge in [0.2, 0.25) is 0 Å². The fourth-order valence-electron chi connectivity index (χ4n) is 2.65. The van der Waals surface area contributed by atoms with Crippen LogP contribution in [0.1, 0.15) is 17.7 Å². The molecule has 3 rings (SSSR count). The van der Waals surface area contributed by atoms with E-state index in [2.05, 4.69) is 103 Å². The molecule has 0 spiro atoms. The minimum Gasteiger partial charge on any atom is -0.310 e. The fraction of sp³-hybridized carbons (Fsp3) is 0.143. The van der Waals surface area contributed by atoms with Crippen LogP contribution in [0, 0.1) is 0 Å². The number of benzene rings is 3. The molecule has 0 aliphatic heterocycles. The highest BCUT2D eigenvalue weighted by Gasteiger charge is 2.13. The predicted molar refractivity (Wildman–Crippen MR) is 103 cm³/mol. The van der Waals surface area contributed by atoms with Crippen LogP contribution in [0.4, 0.5) is 17.1 Å². The van der Waals surface area contributed by atoms with E-state index in [-0.39, 0.29) is 0 Å². The number of rotatable bonds is 5. The van der Waals surface area contributed by atoms with Gasteiger partial charge in [-0.05, 0) is 55.1 Å². The summed E-state index contributed by atoms with van der Waals surface area (Å²) in [5.74, 6) is 0. The van der Waals surface area contributed by atoms with Crippen LogP contribution in [-0.2, 0) is 0 Å². The Labute approximate surface area is 143 Å². The van der Waals surface area contributed by atoms with Crippen molar-refractivity contribution in [1.82, 2.24) is 0 Å². The largest absolute Gasteiger partial charge is 0.310 e. The zero-order chi connectivity index (χ0) is 16.1. The number of thioether (sulfide) groups is 1. The van der Waals surface area contributed by atoms with E-state index >= 15 is 0 Å². The smallest absolute Gasteiger partial charge is 0.0464 e. The van der Waals surface area contributed by atoms with Crippen molar-refractivity contribution >= 4 is 28.8 Å². The van der Waals surface area contributed by atoms with Crippen molar-refractivity contribution in [3.63, 3.8) is 0 Å². The van der Waals surface area contributed by atoms with E-state index in [0.29, 0.717) is 5.25 Å². The van der Waals surface area contributed by atoms with Crippen molar-refractivity contribution in [3.05, 3.63) is 90.5 Å². The summed E-state index contributed by atoms with van der Waals surface area (Å²) in [7, 11) is 0. The first kappa shape index (κ1) is 15.7. The Morgan fingerprint density at radius 3 is 1.74 bits per heavy atom. The number of nitrogens with zero attached hydrogens (tertiary/aromatic N) is 1. The molecule has 0 amide bonds. The Morgan fingerprint density at radius 2 is 1.22 bits per heavy atom. The van der Waals surface area contributed by atoms with Gasteiger partial charge in [0.25, 0.3) is 0 Å². The molecule has 0 aromatic heterocycles. The van der Waals surface area contributed by atoms with E-state index in [1.54, 1.807) is 0 Å². The summed E-state index contributed by atoms with van der Waals surface area (Å²) in [5, 5.41) is 0.489. The van der Waals surface area contributed by atoms with Crippen molar-refractivity contribution in [1.29, 1.82) is 0 Å². The summed E-state index contributed by atoms with van der Waals surface area (Å²) in [6.07, 6.45) is 2.16. The molecule has 23 heavy (non-hydrogen) atoms. The summed E-state index contributed by atoms with van der Waals surface area (Å²) in [5.41, 5.74) is 4.90. The maximum Gasteiger partial charge on any atom is 0.0464 e. The Balaban J connectivity index is 2.09. The van der Waals surface area contributed by atoms with Gasteiger partial charge in [0.05, 0.1) is 0 Å². The normalized spacial score (nSPS) is 11.9. The molecule has 0 saturated heterocycles. The first-order chi connectivity index (χ1) is 11.3. The molecule has 0 saturated carbocycles. The van der Waals surface area contributed by atoms with Crippen LogP contribution >= 0.6 is 11.8 Å². The van der Waals surface area contributed by atoms with Gasteiger partial charge in [-0.2, -0.15) is 11.8 Å². The minimum absolute atomic E-state index is 0.489. The van der Waals surface area contributed by atoms with Crippen LogP contribution < -0.4 is 4.90 Å². The quantitative estimate of drug-likeness (QED) is 0.522. The maximum absolute atomic E-state index is 2.30. The molecule has 1 unspecified atom stereocenters. The van der Waals surface area contributed by atoms with Gasteiger partial charge in [0, 0.05) is 22.3 Å². The summed E-state index contributed by atoms with van der Waals surface area (Å²) in [6, 6.07) is 29.9. The van der Waals surface area contributed by atoms with Crippen LogP contribution in [0.3, 0.4) is 0 Å². The van der Waals surface area contributed by atoms with Crippen LogP contribution in [0.5, 0.6) is 0 Å². The zero-order valence-corrected chi connectivity index (χ0v) is 14.3. The topological polar surface area (TPSA) is 3.24 Å². The van der Waals surface area contributed by atoms with E-state index in [1.807, 2.05) is 11.8 Å². The molecule has 2 heteroatoms. The SMILES string of the molecule is CSC(C)c1cccc(N(c2ccccc2)c2ccccc2)c1. The third-order valence-corrected chi connectivity index (χ3v) is 4.96. The van der Waals surface area contributed by atoms with Gasteiger partial charge in [-0.15, -0.1) is 0 Å². The lowest BCUT2D eigenvalue weighted by Crippen LogP contribution is -2.10. The second-order valence-corrected chi connectivity index (χ2v) is 6.66. The zero-order valence-electron chi connectivity index (χ0n) is 13.5. The van der Waals surface area contributed by atoms with Crippen LogP contribution in [0.2, 0.25) is 0 Å². The lowest BCUT2D eigenvalue weighted by Gasteiger charge is -2.26. The third kappa shape index (κ3) is 3.59. The Morgan fingerprint density at radius 1 is 0.696 bits per heavy atom. The van der Waals surface area contributed by atoms with E-state index in [4.69, 9.17) is 0 Å². The van der Waals surface area contributed by atoms with Gasteiger partial charge in [-0.25, -0.2) is 0 Å². The molecule has 1 atom stereocenters. The summed E-state index contributed by atoms with van der Waals surface area (Å²) >= 11 is 1.87. The van der Waals surface area contributed by atoms with E-state index in [9.17, 15) is 0 Å². The molecule has 0 aliphatic rings. The van der Waals surface area contributed by atoms with Gasteiger partial charge in [-0.1, -0.05) is 48.5 Å². The second-order valence-electron chi connectivity index (χ2n) is 5.48. The van der Waals surface area contributed by atoms with Gasteiger partial charge in [0.1, 0.15) is 0 Å². The van der Waals surface area contributed by atoms with E-state index in [1.165, 1.54) is 22.6 Å². The first-order valence-corrected chi connectivity index (χ1v) is 9.11. The molecule has 1 nitrogen and oxygen atoms in total. The molecule has 0 aliphatic carbocycles. The lowest BCUT2D eigenvalue weighted by atomic mass is 10.1. The van der Waals surface area contributed by atoms with Crippen LogP contribution in [0.15, 0.2) is 84.9 Å². The molecule has 3 aromatic rings. The molecule has 0 radical (unpaired) electrons. The van der Waals surface area contributed by atoms with E-state index in [0.717, 1.165) is 0 Å². The summed E-state index contributed by atoms with van der Waals surface area (Å²) in [4.78, 5) is 2.30. The molecule has 116 valence electrons. The van der Waals surface area contributed by atoms with Gasteiger partial charge in [0.15, 0.2) is 0 Å². The predicted octanol–water partition coefficient (Wildman–Crippen LogP) is 6.58. The van der Waals surface area contributed by atoms with Gasteiger partial charge in [-0.3, -0.25) is 0 Å². The Kier molecular flexibility index (Phi) is 5.04. The van der Waals surface area contributed by atoms with Crippen molar-refractivity contribution in [2.75, 3.05) is 11.2 Å². The lowest BCUT2D eigenvalue weighted by molar-refractivity contribution is 1.10. The summed E-state index contributed by atoms with van der Waals surface area (Å²) < 4.78 is 0. The maximum atomic E-state index is 2.30. The highest BCUT2D eigenvalue weighted by atomic mass is 32.2. The highest BCUT2D eigenvalue weighted by Crippen LogP contribution is 2.36. The highest BCUT2D eigenvalue weighted by molar-refractivity contribution is 7.98. The monoisotopic (exact) mass is 319 g/mol.